The molecule has 0 radical (unpaired) electrons. The number of amides is 1. The number of rotatable bonds is 5. The van der Waals surface area contributed by atoms with Crippen molar-refractivity contribution < 1.29 is 13.9 Å². The second-order valence-electron chi connectivity index (χ2n) is 6.83. The molecule has 7 nitrogen and oxygen atoms in total. The number of aryl methyl sites for hydroxylation is 1. The van der Waals surface area contributed by atoms with Crippen LogP contribution in [-0.2, 0) is 11.8 Å². The molecule has 1 atom stereocenters. The fourth-order valence-electron chi connectivity index (χ4n) is 3.27. The zero-order chi connectivity index (χ0) is 21.3. The molecule has 0 unspecified atom stereocenters. The molecule has 2 heterocycles. The summed E-state index contributed by atoms with van der Waals surface area (Å²) in [6.07, 6.45) is 1.71. The number of hydrogen-bond acceptors (Lipinski definition) is 5. The molecule has 4 aromatic rings. The summed E-state index contributed by atoms with van der Waals surface area (Å²) in [5, 5.41) is 7.86. The van der Waals surface area contributed by atoms with Crippen molar-refractivity contribution in [2.75, 3.05) is 12.4 Å². The van der Waals surface area contributed by atoms with Gasteiger partial charge >= 0.3 is 0 Å². The Balaban J connectivity index is 1.92. The molecule has 0 spiro atoms. The Morgan fingerprint density at radius 2 is 1.93 bits per heavy atom. The Morgan fingerprint density at radius 1 is 1.17 bits per heavy atom. The van der Waals surface area contributed by atoms with Gasteiger partial charge in [0.05, 0.1) is 24.0 Å². The van der Waals surface area contributed by atoms with Crippen molar-refractivity contribution in [2.45, 2.75) is 13.1 Å². The van der Waals surface area contributed by atoms with Gasteiger partial charge in [-0.05, 0) is 13.0 Å². The number of alkyl halides is 1. The van der Waals surface area contributed by atoms with Gasteiger partial charge in [0.2, 0.25) is 0 Å². The van der Waals surface area contributed by atoms with Gasteiger partial charge in [-0.3, -0.25) is 9.48 Å². The van der Waals surface area contributed by atoms with Crippen LogP contribution in [0, 0.1) is 0 Å². The molecule has 1 amide bonds. The minimum atomic E-state index is -1.65. The van der Waals surface area contributed by atoms with Gasteiger partial charge in [-0.1, -0.05) is 30.3 Å². The molecule has 0 aliphatic rings. The molecule has 0 saturated carbocycles. The quantitative estimate of drug-likeness (QED) is 0.543. The molecule has 1 N–H and O–H groups in total. The van der Waals surface area contributed by atoms with Crippen molar-refractivity contribution in [3.05, 3.63) is 55.0 Å². The molecule has 152 valence electrons. The van der Waals surface area contributed by atoms with Crippen molar-refractivity contribution in [1.29, 1.82) is 0 Å². The van der Waals surface area contributed by atoms with Gasteiger partial charge in [-0.15, -0.1) is 0 Å². The number of aromatic nitrogens is 4. The van der Waals surface area contributed by atoms with E-state index in [1.807, 2.05) is 43.6 Å². The van der Waals surface area contributed by atoms with Crippen molar-refractivity contribution in [3.8, 4) is 28.3 Å². The maximum Gasteiger partial charge on any atom is 0.258 e. The van der Waals surface area contributed by atoms with Crippen molar-refractivity contribution >= 4 is 22.5 Å². The van der Waals surface area contributed by atoms with Crippen LogP contribution in [0.5, 0.6) is 5.75 Å². The topological polar surface area (TPSA) is 81.9 Å². The number of halogens is 1. The van der Waals surface area contributed by atoms with Gasteiger partial charge in [0, 0.05) is 35.8 Å². The van der Waals surface area contributed by atoms with Crippen LogP contribution in [0.3, 0.4) is 0 Å². The normalized spacial score (nSPS) is 12.0. The monoisotopic (exact) mass is 405 g/mol. The molecule has 4 rings (SSSR count). The first-order valence-electron chi connectivity index (χ1n) is 9.35. The predicted octanol–water partition coefficient (Wildman–Crippen LogP) is 4.00. The van der Waals surface area contributed by atoms with Gasteiger partial charge in [-0.2, -0.15) is 5.10 Å². The van der Waals surface area contributed by atoms with Crippen LogP contribution in [0.1, 0.15) is 6.92 Å². The molecule has 2 aromatic carbocycles. The van der Waals surface area contributed by atoms with E-state index in [-0.39, 0.29) is 0 Å². The third kappa shape index (κ3) is 3.59. The molecule has 0 aliphatic carbocycles. The number of carbonyl (C=O) groups is 1. The lowest BCUT2D eigenvalue weighted by molar-refractivity contribution is -0.120. The van der Waals surface area contributed by atoms with Crippen LogP contribution in [0.25, 0.3) is 33.4 Å². The highest BCUT2D eigenvalue weighted by molar-refractivity contribution is 6.02. The van der Waals surface area contributed by atoms with Crippen molar-refractivity contribution in [2.24, 2.45) is 7.05 Å². The fourth-order valence-corrected chi connectivity index (χ4v) is 3.27. The Hall–Kier alpha value is -3.81. The number of fused-ring (bicyclic) bond motifs is 1. The molecule has 8 heteroatoms. The van der Waals surface area contributed by atoms with E-state index in [9.17, 15) is 9.18 Å². The smallest absolute Gasteiger partial charge is 0.258 e. The first kappa shape index (κ1) is 19.5. The van der Waals surface area contributed by atoms with Crippen molar-refractivity contribution in [1.82, 2.24) is 19.7 Å². The second-order valence-corrected chi connectivity index (χ2v) is 6.83. The highest BCUT2D eigenvalue weighted by Gasteiger charge is 2.19. The number of methoxy groups -OCH3 is 1. The van der Waals surface area contributed by atoms with Gasteiger partial charge in [-0.25, -0.2) is 14.4 Å². The van der Waals surface area contributed by atoms with Gasteiger partial charge in [0.25, 0.3) is 5.91 Å². The fraction of sp³-hybridized carbons (Fsp3) is 0.182. The zero-order valence-electron chi connectivity index (χ0n) is 16.8. The molecule has 0 bridgehead atoms. The summed E-state index contributed by atoms with van der Waals surface area (Å²) in [5.74, 6) is -0.368. The number of carbonyl (C=O) groups excluding carboxylic acids is 1. The Morgan fingerprint density at radius 3 is 2.63 bits per heavy atom. The Labute approximate surface area is 172 Å². The average molecular weight is 405 g/mol. The summed E-state index contributed by atoms with van der Waals surface area (Å²) in [4.78, 5) is 20.8. The third-order valence-electron chi connectivity index (χ3n) is 4.71. The number of nitrogens with one attached hydrogen (secondary N) is 1. The van der Waals surface area contributed by atoms with Crippen LogP contribution in [0.15, 0.2) is 55.0 Å². The van der Waals surface area contributed by atoms with Gasteiger partial charge in [0.1, 0.15) is 17.8 Å². The zero-order valence-corrected chi connectivity index (χ0v) is 16.8. The molecule has 2 aromatic heterocycles. The Kier molecular flexibility index (Phi) is 5.14. The number of ether oxygens (including phenoxy) is 1. The molecular formula is C22H20FN5O2. The molecule has 0 aliphatic heterocycles. The second kappa shape index (κ2) is 7.90. The molecule has 0 fully saturated rings. The standard InChI is InChI=1S/C22H20FN5O2/c1-13(23)22(29)26-18-9-15-17(10-19(18)30-3)24-12-25-21(15)16-11-28(2)27-20(16)14-7-5-4-6-8-14/h4-13H,1-3H3,(H,26,29)/t13-/m1/s1. The summed E-state index contributed by atoms with van der Waals surface area (Å²) in [6, 6.07) is 13.2. The summed E-state index contributed by atoms with van der Waals surface area (Å²) in [6.45, 7) is 1.18. The lowest BCUT2D eigenvalue weighted by atomic mass is 10.0. The predicted molar refractivity (Wildman–Crippen MR) is 113 cm³/mol. The minimum absolute atomic E-state index is 0.348. The van der Waals surface area contributed by atoms with E-state index in [1.165, 1.54) is 20.4 Å². The highest BCUT2D eigenvalue weighted by Crippen LogP contribution is 2.37. The largest absolute Gasteiger partial charge is 0.494 e. The van der Waals surface area contributed by atoms with Crippen LogP contribution < -0.4 is 10.1 Å². The van der Waals surface area contributed by atoms with E-state index < -0.39 is 12.1 Å². The highest BCUT2D eigenvalue weighted by atomic mass is 19.1. The van der Waals surface area contributed by atoms with E-state index >= 15 is 0 Å². The lowest BCUT2D eigenvalue weighted by Crippen LogP contribution is -2.21. The van der Waals surface area contributed by atoms with Gasteiger partial charge in [0.15, 0.2) is 6.17 Å². The minimum Gasteiger partial charge on any atom is -0.494 e. The maximum atomic E-state index is 13.4. The summed E-state index contributed by atoms with van der Waals surface area (Å²) in [7, 11) is 3.32. The van der Waals surface area contributed by atoms with Crippen molar-refractivity contribution in [3.63, 3.8) is 0 Å². The first-order valence-corrected chi connectivity index (χ1v) is 9.35. The third-order valence-corrected chi connectivity index (χ3v) is 4.71. The van der Waals surface area contributed by atoms with Crippen LogP contribution in [0.2, 0.25) is 0 Å². The summed E-state index contributed by atoms with van der Waals surface area (Å²) >= 11 is 0. The lowest BCUT2D eigenvalue weighted by Gasteiger charge is -2.13. The van der Waals surface area contributed by atoms with E-state index in [0.717, 1.165) is 16.8 Å². The summed E-state index contributed by atoms with van der Waals surface area (Å²) in [5.41, 5.74) is 4.17. The van der Waals surface area contributed by atoms with Crippen LogP contribution in [0.4, 0.5) is 10.1 Å². The van der Waals surface area contributed by atoms with E-state index in [1.54, 1.807) is 16.8 Å². The Bertz CT molecular complexity index is 1220. The van der Waals surface area contributed by atoms with E-state index in [2.05, 4.69) is 20.4 Å². The number of nitrogens with zero attached hydrogens (tertiary/aromatic N) is 4. The SMILES string of the molecule is COc1cc2ncnc(-c3cn(C)nc3-c3ccccc3)c2cc1NC(=O)[C@@H](C)F. The average Bonchev–Trinajstić information content (AvgIpc) is 3.14. The number of benzene rings is 2. The van der Waals surface area contributed by atoms with E-state index in [4.69, 9.17) is 4.74 Å². The van der Waals surface area contributed by atoms with Crippen LogP contribution >= 0.6 is 0 Å². The number of anilines is 1. The molecule has 0 saturated heterocycles. The number of hydrogen-bond donors (Lipinski definition) is 1. The maximum absolute atomic E-state index is 13.4. The molecular weight excluding hydrogens is 385 g/mol. The molecule has 30 heavy (non-hydrogen) atoms. The van der Waals surface area contributed by atoms with Gasteiger partial charge < -0.3 is 10.1 Å². The van der Waals surface area contributed by atoms with Crippen LogP contribution in [-0.4, -0.2) is 38.9 Å². The summed E-state index contributed by atoms with van der Waals surface area (Å²) < 4.78 is 20.5. The first-order chi connectivity index (χ1) is 14.5. The van der Waals surface area contributed by atoms with E-state index in [0.29, 0.717) is 28.0 Å².